The minimum Gasteiger partial charge on any atom is -0.370 e. The van der Waals surface area contributed by atoms with Crippen molar-refractivity contribution in [1.82, 2.24) is 4.98 Å². The predicted molar refractivity (Wildman–Crippen MR) is 143 cm³/mol. The summed E-state index contributed by atoms with van der Waals surface area (Å²) in [5.41, 5.74) is 3.79. The molecule has 188 valence electrons. The van der Waals surface area contributed by atoms with Gasteiger partial charge >= 0.3 is 0 Å². The van der Waals surface area contributed by atoms with E-state index in [1.54, 1.807) is 25.3 Å². The Kier molecular flexibility index (Phi) is 7.99. The zero-order valence-electron chi connectivity index (χ0n) is 20.6. The van der Waals surface area contributed by atoms with E-state index in [0.717, 1.165) is 55.0 Å². The van der Waals surface area contributed by atoms with Crippen LogP contribution >= 0.6 is 11.6 Å². The van der Waals surface area contributed by atoms with Crippen LogP contribution in [0.2, 0.25) is 5.02 Å². The number of piperidine rings is 1. The molecule has 0 atom stereocenters. The van der Waals surface area contributed by atoms with Crippen molar-refractivity contribution in [2.75, 3.05) is 29.9 Å². The highest BCUT2D eigenvalue weighted by Gasteiger charge is 2.23. The van der Waals surface area contributed by atoms with E-state index in [-0.39, 0.29) is 5.39 Å². The Labute approximate surface area is 215 Å². The number of carbonyl (C=O) groups is 1. The Morgan fingerprint density at radius 3 is 2.67 bits per heavy atom. The standard InChI is InChI=1S/C28H29ClF2N4O/c1-18(10-14-36)33-19(2)34(3)22-6-7-26(24(29)17-22)35-12-8-20(9-13-35)15-21-16-25(30)27(31)23-5-4-11-32-28(21)23/h4-7,10-11,14,16-17,20H,8-9,12-13,15H2,1-3H3/b18-10-,33-19-. The molecule has 0 unspecified atom stereocenters. The number of carbonyl (C=O) groups excluding carboxylic acids is 1. The highest BCUT2D eigenvalue weighted by molar-refractivity contribution is 6.33. The number of anilines is 2. The van der Waals surface area contributed by atoms with Crippen LogP contribution in [0.1, 0.15) is 32.3 Å². The molecule has 1 fully saturated rings. The van der Waals surface area contributed by atoms with Crippen molar-refractivity contribution in [3.63, 3.8) is 0 Å². The molecule has 4 rings (SSSR count). The lowest BCUT2D eigenvalue weighted by Gasteiger charge is -2.34. The summed E-state index contributed by atoms with van der Waals surface area (Å²) in [5.74, 6) is -0.569. The van der Waals surface area contributed by atoms with Gasteiger partial charge in [0, 0.05) is 43.1 Å². The van der Waals surface area contributed by atoms with Crippen LogP contribution < -0.4 is 9.80 Å². The molecule has 1 aromatic heterocycles. The number of aromatic nitrogens is 1. The summed E-state index contributed by atoms with van der Waals surface area (Å²) in [6.45, 7) is 5.30. The topological polar surface area (TPSA) is 48.8 Å². The van der Waals surface area contributed by atoms with Gasteiger partial charge in [0.05, 0.1) is 16.2 Å². The number of pyridine rings is 1. The van der Waals surface area contributed by atoms with Gasteiger partial charge in [0.25, 0.3) is 0 Å². The maximum absolute atomic E-state index is 14.2. The number of aldehydes is 1. The Morgan fingerprint density at radius 1 is 1.22 bits per heavy atom. The molecule has 8 heteroatoms. The summed E-state index contributed by atoms with van der Waals surface area (Å²) in [5, 5.41) is 0.888. The molecule has 0 aliphatic carbocycles. The molecule has 1 aliphatic rings. The molecule has 5 nitrogen and oxygen atoms in total. The largest absolute Gasteiger partial charge is 0.370 e. The summed E-state index contributed by atoms with van der Waals surface area (Å²) in [6.07, 6.45) is 6.25. The summed E-state index contributed by atoms with van der Waals surface area (Å²) in [4.78, 5) is 23.6. The fraction of sp³-hybridized carbons (Fsp3) is 0.321. The molecule has 0 bridgehead atoms. The quantitative estimate of drug-likeness (QED) is 0.162. The fourth-order valence-electron chi connectivity index (χ4n) is 4.71. The molecular formula is C28H29ClF2N4O. The highest BCUT2D eigenvalue weighted by Crippen LogP contribution is 2.34. The maximum atomic E-state index is 14.2. The maximum Gasteiger partial charge on any atom is 0.168 e. The SMILES string of the molecule is CC(=C/C=O)/N=C(/C)N(C)c1ccc(N2CCC(Cc3cc(F)c(F)c4cccnc34)CC2)c(Cl)c1. The number of amidine groups is 1. The van der Waals surface area contributed by atoms with Gasteiger partial charge in [-0.3, -0.25) is 9.78 Å². The lowest BCUT2D eigenvalue weighted by Crippen LogP contribution is -2.34. The average molecular weight is 511 g/mol. The number of fused-ring (bicyclic) bond motifs is 1. The molecule has 1 saturated heterocycles. The summed E-state index contributed by atoms with van der Waals surface area (Å²) < 4.78 is 28.4. The van der Waals surface area contributed by atoms with Crippen LogP contribution in [0.4, 0.5) is 20.2 Å². The third-order valence-electron chi connectivity index (χ3n) is 6.77. The van der Waals surface area contributed by atoms with E-state index in [4.69, 9.17) is 11.6 Å². The van der Waals surface area contributed by atoms with E-state index < -0.39 is 11.6 Å². The van der Waals surface area contributed by atoms with Gasteiger partial charge in [-0.2, -0.15) is 0 Å². The average Bonchev–Trinajstić information content (AvgIpc) is 2.87. The lowest BCUT2D eigenvalue weighted by molar-refractivity contribution is -0.104. The summed E-state index contributed by atoms with van der Waals surface area (Å²) in [7, 11) is 1.90. The summed E-state index contributed by atoms with van der Waals surface area (Å²) in [6, 6.07) is 10.4. The van der Waals surface area contributed by atoms with E-state index in [0.29, 0.717) is 28.6 Å². The highest BCUT2D eigenvalue weighted by atomic mass is 35.5. The van der Waals surface area contributed by atoms with Crippen LogP contribution in [0.25, 0.3) is 10.9 Å². The van der Waals surface area contributed by atoms with Gasteiger partial charge in [-0.25, -0.2) is 13.8 Å². The first kappa shape index (κ1) is 25.8. The molecule has 0 N–H and O–H groups in total. The molecule has 0 saturated carbocycles. The van der Waals surface area contributed by atoms with Crippen molar-refractivity contribution in [3.8, 4) is 0 Å². The molecule has 1 aliphatic heterocycles. The number of halogens is 3. The predicted octanol–water partition coefficient (Wildman–Crippen LogP) is 6.58. The van der Waals surface area contributed by atoms with Crippen LogP contribution in [0, 0.1) is 17.6 Å². The second-order valence-corrected chi connectivity index (χ2v) is 9.57. The zero-order chi connectivity index (χ0) is 25.8. The monoisotopic (exact) mass is 510 g/mol. The molecule has 2 heterocycles. The third kappa shape index (κ3) is 5.57. The lowest BCUT2D eigenvalue weighted by atomic mass is 9.89. The van der Waals surface area contributed by atoms with Crippen molar-refractivity contribution in [1.29, 1.82) is 0 Å². The van der Waals surface area contributed by atoms with Crippen molar-refractivity contribution >= 4 is 46.0 Å². The molecular weight excluding hydrogens is 482 g/mol. The van der Waals surface area contributed by atoms with Gasteiger partial charge in [-0.1, -0.05) is 11.6 Å². The number of aliphatic imine (C=N–C) groups is 1. The number of benzene rings is 2. The first-order valence-corrected chi connectivity index (χ1v) is 12.3. The van der Waals surface area contributed by atoms with Gasteiger partial charge in [-0.15, -0.1) is 0 Å². The van der Waals surface area contributed by atoms with E-state index in [1.807, 2.05) is 37.1 Å². The first-order chi connectivity index (χ1) is 17.3. The second kappa shape index (κ2) is 11.2. The van der Waals surface area contributed by atoms with Crippen LogP contribution in [0.5, 0.6) is 0 Å². The van der Waals surface area contributed by atoms with Crippen molar-refractivity contribution in [2.24, 2.45) is 10.9 Å². The van der Waals surface area contributed by atoms with Crippen molar-refractivity contribution in [2.45, 2.75) is 33.1 Å². The Hall–Kier alpha value is -3.32. The molecule has 0 spiro atoms. The minimum absolute atomic E-state index is 0.233. The Morgan fingerprint density at radius 2 is 1.97 bits per heavy atom. The molecule has 0 radical (unpaired) electrons. The zero-order valence-corrected chi connectivity index (χ0v) is 21.4. The van der Waals surface area contributed by atoms with Crippen molar-refractivity contribution in [3.05, 3.63) is 76.6 Å². The molecule has 3 aromatic rings. The smallest absolute Gasteiger partial charge is 0.168 e. The number of allylic oxidation sites excluding steroid dienone is 2. The first-order valence-electron chi connectivity index (χ1n) is 12.0. The number of hydrogen-bond acceptors (Lipinski definition) is 4. The third-order valence-corrected chi connectivity index (χ3v) is 7.08. The number of rotatable bonds is 6. The summed E-state index contributed by atoms with van der Waals surface area (Å²) >= 11 is 6.68. The van der Waals surface area contributed by atoms with E-state index in [1.165, 1.54) is 12.1 Å². The van der Waals surface area contributed by atoms with Gasteiger partial charge in [0.15, 0.2) is 11.6 Å². The van der Waals surface area contributed by atoms with E-state index >= 15 is 0 Å². The number of nitrogens with zero attached hydrogens (tertiary/aromatic N) is 4. The van der Waals surface area contributed by atoms with Crippen LogP contribution in [0.3, 0.4) is 0 Å². The number of hydrogen-bond donors (Lipinski definition) is 0. The molecule has 36 heavy (non-hydrogen) atoms. The van der Waals surface area contributed by atoms with E-state index in [9.17, 15) is 13.6 Å². The fourth-order valence-corrected chi connectivity index (χ4v) is 5.00. The van der Waals surface area contributed by atoms with Crippen LogP contribution in [0.15, 0.2) is 59.4 Å². The van der Waals surface area contributed by atoms with E-state index in [2.05, 4.69) is 14.9 Å². The molecule has 2 aromatic carbocycles. The van der Waals surface area contributed by atoms with Gasteiger partial charge in [0.1, 0.15) is 12.1 Å². The second-order valence-electron chi connectivity index (χ2n) is 9.16. The Bertz CT molecular complexity index is 1330. The van der Waals surface area contributed by atoms with Gasteiger partial charge < -0.3 is 9.80 Å². The van der Waals surface area contributed by atoms with Crippen molar-refractivity contribution < 1.29 is 13.6 Å². The minimum atomic E-state index is -0.838. The molecule has 0 amide bonds. The Balaban J connectivity index is 1.43. The van der Waals surface area contributed by atoms with Crippen LogP contribution in [-0.4, -0.2) is 37.2 Å². The van der Waals surface area contributed by atoms with Crippen LogP contribution in [-0.2, 0) is 11.2 Å². The normalized spacial score (nSPS) is 15.4. The van der Waals surface area contributed by atoms with Gasteiger partial charge in [0.2, 0.25) is 0 Å². The van der Waals surface area contributed by atoms with Gasteiger partial charge in [-0.05, 0) is 87.1 Å².